The van der Waals surface area contributed by atoms with Gasteiger partial charge in [0.05, 0.1) is 17.6 Å². The first kappa shape index (κ1) is 19.5. The van der Waals surface area contributed by atoms with Crippen LogP contribution in [0.25, 0.3) is 0 Å². The van der Waals surface area contributed by atoms with Crippen molar-refractivity contribution in [1.82, 2.24) is 5.32 Å². The molecule has 0 aliphatic heterocycles. The fourth-order valence-electron chi connectivity index (χ4n) is 2.16. The lowest BCUT2D eigenvalue weighted by molar-refractivity contribution is -0.121. The number of ether oxygens (including phenoxy) is 1. The number of carbonyl (C=O) groups is 1. The number of rotatable bonds is 7. The van der Waals surface area contributed by atoms with E-state index in [2.05, 4.69) is 5.32 Å². The van der Waals surface area contributed by atoms with Crippen LogP contribution in [0.4, 0.5) is 0 Å². The maximum atomic E-state index is 12.0. The smallest absolute Gasteiger partial charge is 0.220 e. The van der Waals surface area contributed by atoms with Gasteiger partial charge in [0.15, 0.2) is 9.84 Å². The average molecular weight is 341 g/mol. The van der Waals surface area contributed by atoms with Gasteiger partial charge in [0.1, 0.15) is 5.75 Å². The summed E-state index contributed by atoms with van der Waals surface area (Å²) in [7, 11) is -1.62. The van der Waals surface area contributed by atoms with E-state index in [9.17, 15) is 13.2 Å². The molecule has 0 spiro atoms. The fraction of sp³-hybridized carbons (Fsp3) is 0.588. The normalized spacial score (nSPS) is 13.4. The number of benzene rings is 1. The van der Waals surface area contributed by atoms with Gasteiger partial charge in [0, 0.05) is 13.0 Å². The maximum Gasteiger partial charge on any atom is 0.220 e. The number of sulfone groups is 1. The molecule has 5 nitrogen and oxygen atoms in total. The molecule has 0 radical (unpaired) electrons. The van der Waals surface area contributed by atoms with E-state index in [1.807, 2.05) is 31.2 Å². The second-order valence-corrected chi connectivity index (χ2v) is 9.49. The van der Waals surface area contributed by atoms with E-state index in [1.165, 1.54) is 0 Å². The number of hydrogen-bond donors (Lipinski definition) is 1. The van der Waals surface area contributed by atoms with E-state index in [-0.39, 0.29) is 30.5 Å². The van der Waals surface area contributed by atoms with Gasteiger partial charge in [-0.2, -0.15) is 0 Å². The van der Waals surface area contributed by atoms with E-state index < -0.39 is 14.6 Å². The molecule has 23 heavy (non-hydrogen) atoms. The zero-order chi connectivity index (χ0) is 17.7. The molecule has 1 aromatic carbocycles. The van der Waals surface area contributed by atoms with Crippen molar-refractivity contribution >= 4 is 15.7 Å². The minimum Gasteiger partial charge on any atom is -0.496 e. The lowest BCUT2D eigenvalue weighted by atomic mass is 9.96. The van der Waals surface area contributed by atoms with E-state index in [4.69, 9.17) is 4.74 Å². The molecule has 1 aromatic rings. The molecule has 1 N–H and O–H groups in total. The first-order valence-corrected chi connectivity index (χ1v) is 9.35. The van der Waals surface area contributed by atoms with Crippen molar-refractivity contribution in [3.8, 4) is 5.75 Å². The second-order valence-electron chi connectivity index (χ2n) is 6.63. The van der Waals surface area contributed by atoms with Crippen LogP contribution < -0.4 is 10.1 Å². The molecule has 0 aliphatic rings. The molecule has 0 bridgehead atoms. The Bertz CT molecular complexity index is 632. The van der Waals surface area contributed by atoms with Gasteiger partial charge in [-0.1, -0.05) is 25.1 Å². The van der Waals surface area contributed by atoms with Gasteiger partial charge < -0.3 is 10.1 Å². The van der Waals surface area contributed by atoms with Gasteiger partial charge in [-0.25, -0.2) is 8.42 Å². The monoisotopic (exact) mass is 341 g/mol. The Hall–Kier alpha value is -1.56. The Morgan fingerprint density at radius 3 is 2.43 bits per heavy atom. The highest BCUT2D eigenvalue weighted by molar-refractivity contribution is 7.92. The Balaban J connectivity index is 2.54. The number of hydrogen-bond acceptors (Lipinski definition) is 4. The summed E-state index contributed by atoms with van der Waals surface area (Å²) in [6.45, 7) is 7.07. The minimum absolute atomic E-state index is 0.00891. The number of amides is 1. The third-order valence-electron chi connectivity index (χ3n) is 3.79. The van der Waals surface area contributed by atoms with Crippen molar-refractivity contribution in [1.29, 1.82) is 0 Å². The second kappa shape index (κ2) is 7.81. The average Bonchev–Trinajstić information content (AvgIpc) is 2.45. The van der Waals surface area contributed by atoms with E-state index in [0.29, 0.717) is 0 Å². The molecule has 0 saturated heterocycles. The van der Waals surface area contributed by atoms with Crippen LogP contribution in [-0.4, -0.2) is 38.5 Å². The molecule has 0 fully saturated rings. The van der Waals surface area contributed by atoms with Crippen LogP contribution in [0, 0.1) is 0 Å². The topological polar surface area (TPSA) is 72.5 Å². The molecule has 1 unspecified atom stereocenters. The molecule has 1 amide bonds. The van der Waals surface area contributed by atoms with Crippen LogP contribution in [-0.2, 0) is 14.6 Å². The van der Waals surface area contributed by atoms with Crippen LogP contribution in [0.3, 0.4) is 0 Å². The van der Waals surface area contributed by atoms with Crippen molar-refractivity contribution in [2.75, 3.05) is 19.4 Å². The van der Waals surface area contributed by atoms with Crippen molar-refractivity contribution in [3.63, 3.8) is 0 Å². The van der Waals surface area contributed by atoms with Crippen LogP contribution in [0.15, 0.2) is 24.3 Å². The van der Waals surface area contributed by atoms with Crippen molar-refractivity contribution in [2.24, 2.45) is 0 Å². The van der Waals surface area contributed by atoms with Crippen LogP contribution in [0.5, 0.6) is 5.75 Å². The summed E-state index contributed by atoms with van der Waals surface area (Å²) in [4.78, 5) is 12.0. The highest BCUT2D eigenvalue weighted by atomic mass is 32.2. The largest absolute Gasteiger partial charge is 0.496 e. The molecule has 6 heteroatoms. The predicted molar refractivity (Wildman–Crippen MR) is 92.6 cm³/mol. The molecule has 1 rings (SSSR count). The summed E-state index contributed by atoms with van der Waals surface area (Å²) in [5.74, 6) is 0.534. The lowest BCUT2D eigenvalue weighted by Gasteiger charge is -2.19. The van der Waals surface area contributed by atoms with Gasteiger partial charge >= 0.3 is 0 Å². The van der Waals surface area contributed by atoms with Crippen LogP contribution >= 0.6 is 0 Å². The third-order valence-corrected chi connectivity index (χ3v) is 6.40. The first-order chi connectivity index (χ1) is 10.6. The molecular weight excluding hydrogens is 314 g/mol. The van der Waals surface area contributed by atoms with E-state index in [0.717, 1.165) is 11.3 Å². The predicted octanol–water partition coefficient (Wildman–Crippen LogP) is 2.52. The summed E-state index contributed by atoms with van der Waals surface area (Å²) < 4.78 is 28.5. The number of para-hydroxylation sites is 1. The Morgan fingerprint density at radius 1 is 1.26 bits per heavy atom. The highest BCUT2D eigenvalue weighted by Crippen LogP contribution is 2.28. The zero-order valence-corrected chi connectivity index (χ0v) is 15.4. The Kier molecular flexibility index (Phi) is 6.62. The number of nitrogens with one attached hydrogen (secondary N) is 1. The molecule has 0 heterocycles. The lowest BCUT2D eigenvalue weighted by Crippen LogP contribution is -2.36. The van der Waals surface area contributed by atoms with Gasteiger partial charge in [-0.05, 0) is 38.3 Å². The molecule has 0 aromatic heterocycles. The standard InChI is InChI=1S/C17H27NO4S/c1-13(14-8-6-7-9-15(14)22-5)12-16(19)18-10-11-23(20,21)17(2,3)4/h6-9,13H,10-12H2,1-5H3,(H,18,19). The number of carbonyl (C=O) groups excluding carboxylic acids is 1. The maximum absolute atomic E-state index is 12.0. The summed E-state index contributed by atoms with van der Waals surface area (Å²) in [6.07, 6.45) is 0.288. The summed E-state index contributed by atoms with van der Waals surface area (Å²) in [6, 6.07) is 7.58. The summed E-state index contributed by atoms with van der Waals surface area (Å²) in [5.41, 5.74) is 0.965. The van der Waals surface area contributed by atoms with Crippen LogP contribution in [0.2, 0.25) is 0 Å². The van der Waals surface area contributed by atoms with Gasteiger partial charge in [-0.3, -0.25) is 4.79 Å². The highest BCUT2D eigenvalue weighted by Gasteiger charge is 2.28. The molecule has 0 aliphatic carbocycles. The molecular formula is C17H27NO4S. The molecule has 1 atom stereocenters. The third kappa shape index (κ3) is 5.53. The number of methoxy groups -OCH3 is 1. The summed E-state index contributed by atoms with van der Waals surface area (Å²) >= 11 is 0. The van der Waals surface area contributed by atoms with Gasteiger partial charge in [-0.15, -0.1) is 0 Å². The molecule has 0 saturated carbocycles. The van der Waals surface area contributed by atoms with Crippen molar-refractivity contribution in [2.45, 2.75) is 44.8 Å². The van der Waals surface area contributed by atoms with Crippen molar-refractivity contribution in [3.05, 3.63) is 29.8 Å². The van der Waals surface area contributed by atoms with Gasteiger partial charge in [0.25, 0.3) is 0 Å². The fourth-order valence-corrected chi connectivity index (χ4v) is 3.15. The first-order valence-electron chi connectivity index (χ1n) is 7.70. The molecule has 130 valence electrons. The zero-order valence-electron chi connectivity index (χ0n) is 14.5. The Labute approximate surface area is 139 Å². The van der Waals surface area contributed by atoms with E-state index in [1.54, 1.807) is 27.9 Å². The summed E-state index contributed by atoms with van der Waals surface area (Å²) in [5, 5.41) is 2.69. The Morgan fingerprint density at radius 2 is 1.87 bits per heavy atom. The quantitative estimate of drug-likeness (QED) is 0.827. The SMILES string of the molecule is COc1ccccc1C(C)CC(=O)NCCS(=O)(=O)C(C)(C)C. The van der Waals surface area contributed by atoms with Crippen LogP contribution in [0.1, 0.15) is 45.6 Å². The minimum atomic E-state index is -3.22. The van der Waals surface area contributed by atoms with Crippen molar-refractivity contribution < 1.29 is 17.9 Å². The van der Waals surface area contributed by atoms with E-state index >= 15 is 0 Å². The van der Waals surface area contributed by atoms with Gasteiger partial charge in [0.2, 0.25) is 5.91 Å².